The van der Waals surface area contributed by atoms with Crippen molar-refractivity contribution < 1.29 is 29.0 Å². The molecule has 3 heterocycles. The standard InChI is InChI=1S/C28H42N2O6/c1-5-15-29(19-11-9-8-10-12-19)26(33)24-28-14-13-21(36-28)22(27(34)35-16-6-2)23(28)25(32)30(24)20(17-31)18(4)7-3/h5-6,18-24,31H,1-2,7-17H2,3-4H3/t18-,20-,21+,22-,23-,24?,28?/m0/s1. The van der Waals surface area contributed by atoms with Crippen molar-refractivity contribution in [3.63, 3.8) is 0 Å². The van der Waals surface area contributed by atoms with Crippen LogP contribution in [-0.2, 0) is 23.9 Å². The summed E-state index contributed by atoms with van der Waals surface area (Å²) in [4.78, 5) is 45.2. The Bertz CT molecular complexity index is 870. The van der Waals surface area contributed by atoms with Crippen molar-refractivity contribution in [2.75, 3.05) is 19.8 Å². The van der Waals surface area contributed by atoms with Crippen LogP contribution >= 0.6 is 0 Å². The van der Waals surface area contributed by atoms with Gasteiger partial charge in [0.15, 0.2) is 0 Å². The largest absolute Gasteiger partial charge is 0.461 e. The zero-order chi connectivity index (χ0) is 26.0. The van der Waals surface area contributed by atoms with Crippen molar-refractivity contribution >= 4 is 17.8 Å². The van der Waals surface area contributed by atoms with Crippen LogP contribution in [0.5, 0.6) is 0 Å². The molecule has 4 aliphatic rings. The van der Waals surface area contributed by atoms with Crippen molar-refractivity contribution in [3.05, 3.63) is 25.3 Å². The molecule has 1 saturated carbocycles. The van der Waals surface area contributed by atoms with Crippen molar-refractivity contribution in [1.82, 2.24) is 9.80 Å². The van der Waals surface area contributed by atoms with E-state index in [4.69, 9.17) is 9.47 Å². The van der Waals surface area contributed by atoms with Crippen LogP contribution in [0.25, 0.3) is 0 Å². The van der Waals surface area contributed by atoms with Gasteiger partial charge in [-0.15, -0.1) is 6.58 Å². The molecule has 2 unspecified atom stereocenters. The van der Waals surface area contributed by atoms with E-state index >= 15 is 0 Å². The second-order valence-corrected chi connectivity index (χ2v) is 10.9. The summed E-state index contributed by atoms with van der Waals surface area (Å²) in [5, 5.41) is 10.4. The highest BCUT2D eigenvalue weighted by Crippen LogP contribution is 2.59. The SMILES string of the molecule is C=CCOC(=O)[C@@H]1[C@H]2C(=O)N([C@@H](CO)[C@@H](C)CC)C(C(=O)N(CC=C)C3CCCCC3)C23CC[C@H]1O3. The molecule has 2 bridgehead atoms. The number of fused-ring (bicyclic) bond motifs is 1. The van der Waals surface area contributed by atoms with Gasteiger partial charge in [0.2, 0.25) is 11.8 Å². The summed E-state index contributed by atoms with van der Waals surface area (Å²) in [7, 11) is 0. The molecular weight excluding hydrogens is 460 g/mol. The first kappa shape index (κ1) is 26.9. The Hall–Kier alpha value is -2.19. The zero-order valence-electron chi connectivity index (χ0n) is 21.8. The van der Waals surface area contributed by atoms with Gasteiger partial charge in [-0.05, 0) is 31.6 Å². The number of carbonyl (C=O) groups excluding carboxylic acids is 3. The number of amides is 2. The molecule has 7 atom stereocenters. The molecule has 0 radical (unpaired) electrons. The first-order valence-corrected chi connectivity index (χ1v) is 13.7. The predicted molar refractivity (Wildman–Crippen MR) is 135 cm³/mol. The van der Waals surface area contributed by atoms with E-state index in [0.717, 1.165) is 38.5 Å². The van der Waals surface area contributed by atoms with Crippen molar-refractivity contribution in [3.8, 4) is 0 Å². The summed E-state index contributed by atoms with van der Waals surface area (Å²) in [5.74, 6) is -2.50. The molecule has 4 fully saturated rings. The van der Waals surface area contributed by atoms with E-state index in [1.54, 1.807) is 11.0 Å². The van der Waals surface area contributed by atoms with Gasteiger partial charge in [0.05, 0.1) is 30.6 Å². The first-order valence-electron chi connectivity index (χ1n) is 13.7. The number of aliphatic hydroxyl groups excluding tert-OH is 1. The Kier molecular flexibility index (Phi) is 8.25. The van der Waals surface area contributed by atoms with Gasteiger partial charge in [0.25, 0.3) is 0 Å². The highest BCUT2D eigenvalue weighted by atomic mass is 16.6. The highest BCUT2D eigenvalue weighted by Gasteiger charge is 2.75. The topological polar surface area (TPSA) is 96.4 Å². The highest BCUT2D eigenvalue weighted by molar-refractivity contribution is 5.98. The van der Waals surface area contributed by atoms with Crippen molar-refractivity contribution in [2.45, 2.75) is 95.0 Å². The van der Waals surface area contributed by atoms with E-state index < -0.39 is 41.6 Å². The summed E-state index contributed by atoms with van der Waals surface area (Å²) >= 11 is 0. The fraction of sp³-hybridized carbons (Fsp3) is 0.750. The average molecular weight is 503 g/mol. The van der Waals surface area contributed by atoms with Crippen LogP contribution < -0.4 is 0 Å². The molecule has 8 heteroatoms. The van der Waals surface area contributed by atoms with E-state index in [0.29, 0.717) is 19.4 Å². The third kappa shape index (κ3) is 4.30. The predicted octanol–water partition coefficient (Wildman–Crippen LogP) is 2.84. The summed E-state index contributed by atoms with van der Waals surface area (Å²) in [6.07, 6.45) is 9.77. The zero-order valence-corrected chi connectivity index (χ0v) is 21.8. The van der Waals surface area contributed by atoms with Gasteiger partial charge < -0.3 is 24.4 Å². The van der Waals surface area contributed by atoms with Gasteiger partial charge in [0.1, 0.15) is 18.2 Å². The molecule has 3 aliphatic heterocycles. The van der Waals surface area contributed by atoms with E-state index in [-0.39, 0.29) is 37.0 Å². The van der Waals surface area contributed by atoms with E-state index in [1.165, 1.54) is 6.08 Å². The normalized spacial score (nSPS) is 33.2. The van der Waals surface area contributed by atoms with Gasteiger partial charge in [-0.3, -0.25) is 14.4 Å². The molecule has 200 valence electrons. The summed E-state index contributed by atoms with van der Waals surface area (Å²) in [6.45, 7) is 11.7. The fourth-order valence-electron chi connectivity index (χ4n) is 7.15. The van der Waals surface area contributed by atoms with Gasteiger partial charge in [-0.1, -0.05) is 58.3 Å². The Balaban J connectivity index is 1.77. The lowest BCUT2D eigenvalue weighted by molar-refractivity contribution is -0.157. The second kappa shape index (κ2) is 11.1. The number of nitrogens with zero attached hydrogens (tertiary/aromatic N) is 2. The Morgan fingerprint density at radius 3 is 2.58 bits per heavy atom. The minimum atomic E-state index is -1.09. The van der Waals surface area contributed by atoms with Gasteiger partial charge in [-0.25, -0.2) is 0 Å². The average Bonchev–Trinajstić information content (AvgIpc) is 3.54. The Morgan fingerprint density at radius 2 is 1.97 bits per heavy atom. The lowest BCUT2D eigenvalue weighted by atomic mass is 9.70. The summed E-state index contributed by atoms with van der Waals surface area (Å²) < 4.78 is 11.9. The van der Waals surface area contributed by atoms with Crippen molar-refractivity contribution in [1.29, 1.82) is 0 Å². The van der Waals surface area contributed by atoms with E-state index in [9.17, 15) is 19.5 Å². The third-order valence-electron chi connectivity index (χ3n) is 9.06. The number of carbonyl (C=O) groups is 3. The second-order valence-electron chi connectivity index (χ2n) is 10.9. The molecular formula is C28H42N2O6. The Labute approximate surface area is 214 Å². The molecule has 8 nitrogen and oxygen atoms in total. The first-order chi connectivity index (χ1) is 17.4. The molecule has 4 rings (SSSR count). The van der Waals surface area contributed by atoms with E-state index in [1.807, 2.05) is 18.7 Å². The van der Waals surface area contributed by atoms with Crippen LogP contribution in [-0.4, -0.2) is 82.3 Å². The van der Waals surface area contributed by atoms with Crippen molar-refractivity contribution in [2.24, 2.45) is 17.8 Å². The summed E-state index contributed by atoms with van der Waals surface area (Å²) in [6, 6.07) is -1.34. The van der Waals surface area contributed by atoms with Crippen LogP contribution in [0.1, 0.15) is 65.2 Å². The van der Waals surface area contributed by atoms with Crippen LogP contribution in [0.3, 0.4) is 0 Å². The molecule has 1 aliphatic carbocycles. The van der Waals surface area contributed by atoms with Gasteiger partial charge >= 0.3 is 5.97 Å². The number of esters is 1. The number of hydrogen-bond acceptors (Lipinski definition) is 6. The minimum Gasteiger partial charge on any atom is -0.461 e. The number of aliphatic hydroxyl groups is 1. The maximum absolute atomic E-state index is 14.5. The Morgan fingerprint density at radius 1 is 1.25 bits per heavy atom. The molecule has 0 aromatic heterocycles. The lowest BCUT2D eigenvalue weighted by Gasteiger charge is -2.43. The summed E-state index contributed by atoms with van der Waals surface area (Å²) in [5.41, 5.74) is -1.09. The van der Waals surface area contributed by atoms with Crippen LogP contribution in [0.4, 0.5) is 0 Å². The van der Waals surface area contributed by atoms with Gasteiger partial charge in [0, 0.05) is 12.6 Å². The molecule has 1 spiro atoms. The number of hydrogen-bond donors (Lipinski definition) is 1. The minimum absolute atomic E-state index is 0.0321. The number of ether oxygens (including phenoxy) is 2. The van der Waals surface area contributed by atoms with Crippen LogP contribution in [0.15, 0.2) is 25.3 Å². The molecule has 2 amide bonds. The maximum atomic E-state index is 14.5. The third-order valence-corrected chi connectivity index (χ3v) is 9.06. The van der Waals surface area contributed by atoms with Crippen LogP contribution in [0, 0.1) is 17.8 Å². The molecule has 36 heavy (non-hydrogen) atoms. The molecule has 0 aromatic carbocycles. The van der Waals surface area contributed by atoms with E-state index in [2.05, 4.69) is 13.2 Å². The molecule has 3 saturated heterocycles. The number of likely N-dealkylation sites (tertiary alicyclic amines) is 1. The fourth-order valence-corrected chi connectivity index (χ4v) is 7.15. The molecule has 1 N–H and O–H groups in total. The smallest absolute Gasteiger partial charge is 0.312 e. The van der Waals surface area contributed by atoms with Gasteiger partial charge in [-0.2, -0.15) is 0 Å². The molecule has 0 aromatic rings. The van der Waals surface area contributed by atoms with Crippen LogP contribution in [0.2, 0.25) is 0 Å². The lowest BCUT2D eigenvalue weighted by Crippen LogP contribution is -2.61. The monoisotopic (exact) mass is 502 g/mol. The number of rotatable bonds is 11. The maximum Gasteiger partial charge on any atom is 0.312 e. The quantitative estimate of drug-likeness (QED) is 0.345.